The minimum absolute atomic E-state index is 0.0686. The van der Waals surface area contributed by atoms with E-state index >= 15 is 0 Å². The zero-order valence-corrected chi connectivity index (χ0v) is 11.0. The average Bonchev–Trinajstić information content (AvgIpc) is 1.96. The van der Waals surface area contributed by atoms with Crippen LogP contribution in [0.3, 0.4) is 0 Å². The molecule has 0 aliphatic carbocycles. The molecule has 0 atom stereocenters. The number of hydrogen-bond acceptors (Lipinski definition) is 3. The van der Waals surface area contributed by atoms with Gasteiger partial charge in [-0.05, 0) is 47.6 Å². The lowest BCUT2D eigenvalue weighted by Gasteiger charge is -2.48. The lowest BCUT2D eigenvalue weighted by molar-refractivity contribution is -0.139. The molecule has 0 aromatic rings. The number of likely N-dealkylation sites (N-methyl/N-ethyl adjacent to an activating group) is 1. The summed E-state index contributed by atoms with van der Waals surface area (Å²) in [5.41, 5.74) is 0.137. The Labute approximate surface area is 98.0 Å². The first-order valence-electron chi connectivity index (χ1n) is 5.83. The van der Waals surface area contributed by atoms with Crippen LogP contribution >= 0.6 is 0 Å². The van der Waals surface area contributed by atoms with Crippen LogP contribution < -0.4 is 5.32 Å². The molecule has 0 radical (unpaired) electrons. The standard InChI is InChI=1S/C12H24N2O2/c1-11(2)6-9(7-12(3,4)13-11)14(5)8-10(15)16/h9,13H,6-8H2,1-5H3,(H,15,16). The Morgan fingerprint density at radius 3 is 2.12 bits per heavy atom. The molecule has 0 amide bonds. The fraction of sp³-hybridized carbons (Fsp3) is 0.917. The van der Waals surface area contributed by atoms with Crippen molar-refractivity contribution >= 4 is 5.97 Å². The molecule has 94 valence electrons. The average molecular weight is 228 g/mol. The molecule has 0 saturated carbocycles. The summed E-state index contributed by atoms with van der Waals surface area (Å²) in [7, 11) is 1.90. The number of carboxylic acids is 1. The second-order valence-electron chi connectivity index (χ2n) is 6.26. The summed E-state index contributed by atoms with van der Waals surface area (Å²) in [6, 6.07) is 0.336. The van der Waals surface area contributed by atoms with Gasteiger partial charge in [0.05, 0.1) is 6.54 Å². The van der Waals surface area contributed by atoms with E-state index in [0.717, 1.165) is 12.8 Å². The van der Waals surface area contributed by atoms with Gasteiger partial charge in [0, 0.05) is 17.1 Å². The normalized spacial score (nSPS) is 24.6. The highest BCUT2D eigenvalue weighted by atomic mass is 16.4. The number of rotatable bonds is 3. The van der Waals surface area contributed by atoms with Crippen molar-refractivity contribution in [2.75, 3.05) is 13.6 Å². The maximum absolute atomic E-state index is 10.7. The molecule has 0 aromatic heterocycles. The molecule has 1 heterocycles. The second-order valence-corrected chi connectivity index (χ2v) is 6.26. The van der Waals surface area contributed by atoms with Crippen molar-refractivity contribution in [3.63, 3.8) is 0 Å². The van der Waals surface area contributed by atoms with Crippen LogP contribution in [0, 0.1) is 0 Å². The minimum Gasteiger partial charge on any atom is -0.480 e. The summed E-state index contributed by atoms with van der Waals surface area (Å²) in [5.74, 6) is -0.753. The summed E-state index contributed by atoms with van der Waals surface area (Å²) >= 11 is 0. The Bertz CT molecular complexity index is 258. The Morgan fingerprint density at radius 2 is 1.75 bits per heavy atom. The van der Waals surface area contributed by atoms with E-state index in [-0.39, 0.29) is 17.6 Å². The number of piperidine rings is 1. The molecule has 0 unspecified atom stereocenters. The number of aliphatic carboxylic acids is 1. The number of nitrogens with one attached hydrogen (secondary N) is 1. The lowest BCUT2D eigenvalue weighted by Crippen LogP contribution is -2.62. The first-order valence-corrected chi connectivity index (χ1v) is 5.83. The maximum Gasteiger partial charge on any atom is 0.317 e. The third kappa shape index (κ3) is 3.76. The highest BCUT2D eigenvalue weighted by Crippen LogP contribution is 2.30. The minimum atomic E-state index is -0.753. The summed E-state index contributed by atoms with van der Waals surface area (Å²) in [6.45, 7) is 8.83. The zero-order chi connectivity index (χ0) is 12.6. The van der Waals surface area contributed by atoms with Crippen molar-refractivity contribution < 1.29 is 9.90 Å². The van der Waals surface area contributed by atoms with Crippen molar-refractivity contribution in [2.45, 2.75) is 57.7 Å². The van der Waals surface area contributed by atoms with Gasteiger partial charge in [0.15, 0.2) is 0 Å². The van der Waals surface area contributed by atoms with Crippen LogP contribution in [-0.2, 0) is 4.79 Å². The van der Waals surface area contributed by atoms with Crippen LogP contribution in [0.2, 0.25) is 0 Å². The highest BCUT2D eigenvalue weighted by molar-refractivity contribution is 5.69. The van der Waals surface area contributed by atoms with Crippen LogP contribution in [0.1, 0.15) is 40.5 Å². The van der Waals surface area contributed by atoms with Crippen LogP contribution in [-0.4, -0.2) is 46.7 Å². The zero-order valence-electron chi connectivity index (χ0n) is 11.0. The maximum atomic E-state index is 10.7. The van der Waals surface area contributed by atoms with E-state index in [4.69, 9.17) is 5.11 Å². The highest BCUT2D eigenvalue weighted by Gasteiger charge is 2.39. The summed E-state index contributed by atoms with van der Waals surface area (Å²) in [5, 5.41) is 12.4. The molecule has 0 spiro atoms. The van der Waals surface area contributed by atoms with Gasteiger partial charge in [-0.15, -0.1) is 0 Å². The van der Waals surface area contributed by atoms with Crippen LogP contribution in [0.25, 0.3) is 0 Å². The molecule has 1 saturated heterocycles. The SMILES string of the molecule is CN(CC(=O)O)C1CC(C)(C)NC(C)(C)C1. The third-order valence-electron chi connectivity index (χ3n) is 3.18. The van der Waals surface area contributed by atoms with Gasteiger partial charge < -0.3 is 10.4 Å². The van der Waals surface area contributed by atoms with Crippen LogP contribution in [0.4, 0.5) is 0 Å². The van der Waals surface area contributed by atoms with E-state index in [1.54, 1.807) is 0 Å². The van der Waals surface area contributed by atoms with Gasteiger partial charge in [0.25, 0.3) is 0 Å². The van der Waals surface area contributed by atoms with Gasteiger partial charge in [-0.2, -0.15) is 0 Å². The van der Waals surface area contributed by atoms with Gasteiger partial charge in [-0.3, -0.25) is 9.69 Å². The Kier molecular flexibility index (Phi) is 3.65. The largest absolute Gasteiger partial charge is 0.480 e. The summed E-state index contributed by atoms with van der Waals surface area (Å²) < 4.78 is 0. The number of carboxylic acid groups (broad SMARTS) is 1. The number of hydrogen-bond donors (Lipinski definition) is 2. The van der Waals surface area contributed by atoms with Crippen molar-refractivity contribution in [3.8, 4) is 0 Å². The topological polar surface area (TPSA) is 52.6 Å². The predicted molar refractivity (Wildman–Crippen MR) is 64.6 cm³/mol. The van der Waals surface area contributed by atoms with Crippen molar-refractivity contribution in [1.82, 2.24) is 10.2 Å². The Balaban J connectivity index is 2.70. The first-order chi connectivity index (χ1) is 7.11. The lowest BCUT2D eigenvalue weighted by atomic mass is 9.79. The molecular weight excluding hydrogens is 204 g/mol. The van der Waals surface area contributed by atoms with E-state index in [1.165, 1.54) is 0 Å². The van der Waals surface area contributed by atoms with Crippen molar-refractivity contribution in [3.05, 3.63) is 0 Å². The summed E-state index contributed by atoms with van der Waals surface area (Å²) in [4.78, 5) is 12.7. The third-order valence-corrected chi connectivity index (χ3v) is 3.18. The second kappa shape index (κ2) is 4.34. The van der Waals surface area contributed by atoms with E-state index in [1.807, 2.05) is 11.9 Å². The van der Waals surface area contributed by atoms with E-state index in [2.05, 4.69) is 33.0 Å². The smallest absolute Gasteiger partial charge is 0.317 e. The Hall–Kier alpha value is -0.610. The molecular formula is C12H24N2O2. The van der Waals surface area contributed by atoms with E-state index < -0.39 is 5.97 Å². The molecule has 0 bridgehead atoms. The predicted octanol–water partition coefficient (Wildman–Crippen LogP) is 1.31. The molecule has 1 aliphatic rings. The monoisotopic (exact) mass is 228 g/mol. The van der Waals surface area contributed by atoms with Gasteiger partial charge in [-0.25, -0.2) is 0 Å². The Morgan fingerprint density at radius 1 is 1.31 bits per heavy atom. The van der Waals surface area contributed by atoms with E-state index in [9.17, 15) is 4.79 Å². The fourth-order valence-corrected chi connectivity index (χ4v) is 2.92. The molecule has 16 heavy (non-hydrogen) atoms. The fourth-order valence-electron chi connectivity index (χ4n) is 2.92. The van der Waals surface area contributed by atoms with Gasteiger partial charge in [0.2, 0.25) is 0 Å². The molecule has 4 heteroatoms. The quantitative estimate of drug-likeness (QED) is 0.765. The molecule has 1 fully saturated rings. The van der Waals surface area contributed by atoms with E-state index in [0.29, 0.717) is 6.04 Å². The van der Waals surface area contributed by atoms with Gasteiger partial charge in [0.1, 0.15) is 0 Å². The number of carbonyl (C=O) groups is 1. The molecule has 1 aliphatic heterocycles. The van der Waals surface area contributed by atoms with Crippen LogP contribution in [0.15, 0.2) is 0 Å². The molecule has 0 aromatic carbocycles. The van der Waals surface area contributed by atoms with Crippen molar-refractivity contribution in [1.29, 1.82) is 0 Å². The molecule has 2 N–H and O–H groups in total. The van der Waals surface area contributed by atoms with Crippen molar-refractivity contribution in [2.24, 2.45) is 0 Å². The van der Waals surface area contributed by atoms with Gasteiger partial charge in [-0.1, -0.05) is 0 Å². The first kappa shape index (κ1) is 13.5. The molecule has 4 nitrogen and oxygen atoms in total. The van der Waals surface area contributed by atoms with Crippen LogP contribution in [0.5, 0.6) is 0 Å². The number of nitrogens with zero attached hydrogens (tertiary/aromatic N) is 1. The summed E-state index contributed by atoms with van der Waals surface area (Å²) in [6.07, 6.45) is 1.97. The molecule has 1 rings (SSSR count). The van der Waals surface area contributed by atoms with Gasteiger partial charge >= 0.3 is 5.97 Å².